The smallest absolute Gasteiger partial charge is 0.129 e. The van der Waals surface area contributed by atoms with Crippen LogP contribution in [0.1, 0.15) is 24.5 Å². The Morgan fingerprint density at radius 3 is 2.90 bits per heavy atom. The van der Waals surface area contributed by atoms with Crippen molar-refractivity contribution in [1.82, 2.24) is 5.32 Å². The van der Waals surface area contributed by atoms with Crippen LogP contribution in [0, 0.1) is 0 Å². The normalized spacial score (nSPS) is 13.5. The van der Waals surface area contributed by atoms with E-state index in [0.29, 0.717) is 19.8 Å². The number of hydrogen-bond acceptors (Lipinski definition) is 5. The van der Waals surface area contributed by atoms with Gasteiger partial charge in [-0.1, -0.05) is 19.9 Å². The summed E-state index contributed by atoms with van der Waals surface area (Å²) in [6, 6.07) is 7.89. The van der Waals surface area contributed by atoms with Crippen LogP contribution in [0.4, 0.5) is 0 Å². The van der Waals surface area contributed by atoms with E-state index in [2.05, 4.69) is 36.7 Å². The first-order valence-electron chi connectivity index (χ1n) is 7.11. The Kier molecular flexibility index (Phi) is 5.99. The Labute approximate surface area is 129 Å². The molecule has 0 saturated carbocycles. The van der Waals surface area contributed by atoms with Crippen molar-refractivity contribution in [2.75, 3.05) is 19.7 Å². The molecule has 0 amide bonds. The van der Waals surface area contributed by atoms with Gasteiger partial charge in [0.15, 0.2) is 0 Å². The van der Waals surface area contributed by atoms with Crippen LogP contribution in [-0.2, 0) is 16.8 Å². The van der Waals surface area contributed by atoms with Crippen molar-refractivity contribution in [2.45, 2.75) is 32.0 Å². The topological polar surface area (TPSA) is 54.6 Å². The number of thiophene rings is 1. The van der Waals surface area contributed by atoms with Gasteiger partial charge in [-0.2, -0.15) is 0 Å². The molecule has 0 saturated heterocycles. The molecule has 0 radical (unpaired) electrons. The minimum atomic E-state index is -0.515. The van der Waals surface area contributed by atoms with E-state index in [1.807, 2.05) is 12.1 Å². The second-order valence-electron chi connectivity index (χ2n) is 5.74. The van der Waals surface area contributed by atoms with Crippen LogP contribution in [0.2, 0.25) is 0 Å². The zero-order valence-electron chi connectivity index (χ0n) is 12.5. The first kappa shape index (κ1) is 16.2. The maximum Gasteiger partial charge on any atom is 0.129 e. The van der Waals surface area contributed by atoms with Gasteiger partial charge >= 0.3 is 0 Å². The lowest BCUT2D eigenvalue weighted by Gasteiger charge is -2.24. The summed E-state index contributed by atoms with van der Waals surface area (Å²) in [5, 5.41) is 15.3. The molecule has 0 aliphatic heterocycles. The predicted molar refractivity (Wildman–Crippen MR) is 84.6 cm³/mol. The van der Waals surface area contributed by atoms with Gasteiger partial charge in [-0.3, -0.25) is 0 Å². The number of aliphatic hydroxyl groups is 1. The SMILES string of the molecule is CC(C)(CNCC(O)COCc1ccco1)c1cccs1. The Hall–Kier alpha value is -1.14. The average Bonchev–Trinajstić information content (AvgIpc) is 3.12. The molecule has 0 aliphatic rings. The second-order valence-corrected chi connectivity index (χ2v) is 6.69. The van der Waals surface area contributed by atoms with E-state index >= 15 is 0 Å². The molecule has 2 heterocycles. The van der Waals surface area contributed by atoms with Gasteiger partial charge in [0.05, 0.1) is 19.0 Å². The summed E-state index contributed by atoms with van der Waals surface area (Å²) in [7, 11) is 0. The van der Waals surface area contributed by atoms with Crippen molar-refractivity contribution < 1.29 is 14.3 Å². The number of aliphatic hydroxyl groups excluding tert-OH is 1. The highest BCUT2D eigenvalue weighted by Crippen LogP contribution is 2.26. The number of rotatable bonds is 9. The summed E-state index contributed by atoms with van der Waals surface area (Å²) in [6.07, 6.45) is 1.10. The van der Waals surface area contributed by atoms with E-state index in [1.165, 1.54) is 4.88 Å². The first-order valence-corrected chi connectivity index (χ1v) is 7.99. The number of hydrogen-bond donors (Lipinski definition) is 2. The van der Waals surface area contributed by atoms with Crippen molar-refractivity contribution >= 4 is 11.3 Å². The molecule has 116 valence electrons. The van der Waals surface area contributed by atoms with Crippen LogP contribution >= 0.6 is 11.3 Å². The minimum Gasteiger partial charge on any atom is -0.467 e. The predicted octanol–water partition coefficient (Wildman–Crippen LogP) is 2.79. The van der Waals surface area contributed by atoms with E-state index < -0.39 is 6.10 Å². The highest BCUT2D eigenvalue weighted by molar-refractivity contribution is 7.10. The number of furan rings is 1. The van der Waals surface area contributed by atoms with E-state index in [0.717, 1.165) is 12.3 Å². The highest BCUT2D eigenvalue weighted by atomic mass is 32.1. The molecule has 21 heavy (non-hydrogen) atoms. The average molecular weight is 309 g/mol. The summed E-state index contributed by atoms with van der Waals surface area (Å²) in [5.41, 5.74) is 0.0723. The maximum absolute atomic E-state index is 9.89. The van der Waals surface area contributed by atoms with Crippen molar-refractivity contribution in [3.8, 4) is 0 Å². The molecule has 0 spiro atoms. The molecule has 1 unspecified atom stereocenters. The summed E-state index contributed by atoms with van der Waals surface area (Å²) >= 11 is 1.76. The Bertz CT molecular complexity index is 494. The third-order valence-corrected chi connectivity index (χ3v) is 4.51. The summed E-state index contributed by atoms with van der Waals surface area (Å²) < 4.78 is 10.6. The summed E-state index contributed by atoms with van der Waals surface area (Å²) in [4.78, 5) is 1.35. The molecule has 2 N–H and O–H groups in total. The molecule has 0 aliphatic carbocycles. The zero-order chi connectivity index (χ0) is 15.1. The van der Waals surface area contributed by atoms with Crippen LogP contribution in [0.25, 0.3) is 0 Å². The van der Waals surface area contributed by atoms with E-state index in [-0.39, 0.29) is 5.41 Å². The molecule has 0 fully saturated rings. The molecule has 1 atom stereocenters. The van der Waals surface area contributed by atoms with Crippen LogP contribution in [0.15, 0.2) is 40.3 Å². The van der Waals surface area contributed by atoms with Crippen molar-refractivity contribution in [2.24, 2.45) is 0 Å². The Morgan fingerprint density at radius 2 is 2.24 bits per heavy atom. The van der Waals surface area contributed by atoms with E-state index in [9.17, 15) is 5.11 Å². The van der Waals surface area contributed by atoms with Crippen molar-refractivity contribution in [1.29, 1.82) is 0 Å². The Morgan fingerprint density at radius 1 is 1.38 bits per heavy atom. The molecule has 5 heteroatoms. The third kappa shape index (κ3) is 5.28. The monoisotopic (exact) mass is 309 g/mol. The fraction of sp³-hybridized carbons (Fsp3) is 0.500. The van der Waals surface area contributed by atoms with Gasteiger partial charge in [0.2, 0.25) is 0 Å². The molecule has 0 aromatic carbocycles. The summed E-state index contributed by atoms with van der Waals surface area (Å²) in [6.45, 7) is 6.44. The quantitative estimate of drug-likeness (QED) is 0.748. The van der Waals surface area contributed by atoms with Crippen LogP contribution in [0.5, 0.6) is 0 Å². The fourth-order valence-electron chi connectivity index (χ4n) is 2.05. The molecule has 2 aromatic heterocycles. The molecular weight excluding hydrogens is 286 g/mol. The lowest BCUT2D eigenvalue weighted by Crippen LogP contribution is -2.38. The van der Waals surface area contributed by atoms with Crippen LogP contribution < -0.4 is 5.32 Å². The van der Waals surface area contributed by atoms with Gasteiger partial charge in [0.1, 0.15) is 12.4 Å². The van der Waals surface area contributed by atoms with Crippen LogP contribution in [0.3, 0.4) is 0 Å². The molecular formula is C16H23NO3S. The van der Waals surface area contributed by atoms with Gasteiger partial charge in [0, 0.05) is 23.4 Å². The summed E-state index contributed by atoms with van der Waals surface area (Å²) in [5.74, 6) is 0.772. The zero-order valence-corrected chi connectivity index (χ0v) is 13.4. The standard InChI is InChI=1S/C16H23NO3S/c1-16(2,15-6-4-8-21-15)12-17-9-13(18)10-19-11-14-5-3-7-20-14/h3-8,13,17-18H,9-12H2,1-2H3. The fourth-order valence-corrected chi connectivity index (χ4v) is 2.90. The van der Waals surface area contributed by atoms with E-state index in [4.69, 9.17) is 9.15 Å². The molecule has 0 bridgehead atoms. The van der Waals surface area contributed by atoms with Crippen molar-refractivity contribution in [3.05, 3.63) is 46.5 Å². The highest BCUT2D eigenvalue weighted by Gasteiger charge is 2.21. The minimum absolute atomic E-state index is 0.0723. The maximum atomic E-state index is 9.89. The van der Waals surface area contributed by atoms with Crippen molar-refractivity contribution in [3.63, 3.8) is 0 Å². The van der Waals surface area contributed by atoms with Gasteiger partial charge in [-0.25, -0.2) is 0 Å². The van der Waals surface area contributed by atoms with E-state index in [1.54, 1.807) is 17.6 Å². The number of ether oxygens (including phenoxy) is 1. The largest absolute Gasteiger partial charge is 0.467 e. The lowest BCUT2D eigenvalue weighted by molar-refractivity contribution is 0.0223. The van der Waals surface area contributed by atoms with Crippen LogP contribution in [-0.4, -0.2) is 30.9 Å². The van der Waals surface area contributed by atoms with Gasteiger partial charge in [-0.15, -0.1) is 11.3 Å². The molecule has 4 nitrogen and oxygen atoms in total. The van der Waals surface area contributed by atoms with Gasteiger partial charge in [-0.05, 0) is 23.6 Å². The lowest BCUT2D eigenvalue weighted by atomic mass is 9.91. The molecule has 2 rings (SSSR count). The number of nitrogens with one attached hydrogen (secondary N) is 1. The van der Waals surface area contributed by atoms with Gasteiger partial charge < -0.3 is 19.6 Å². The third-order valence-electron chi connectivity index (χ3n) is 3.27. The molecule has 2 aromatic rings. The first-order chi connectivity index (χ1) is 10.1. The second kappa shape index (κ2) is 7.75. The van der Waals surface area contributed by atoms with Gasteiger partial charge in [0.25, 0.3) is 0 Å². The Balaban J connectivity index is 1.61.